The van der Waals surface area contributed by atoms with Gasteiger partial charge in [0.05, 0.1) is 22.7 Å². The van der Waals surface area contributed by atoms with Crippen LogP contribution in [0.4, 0.5) is 34.1 Å². The highest BCUT2D eigenvalue weighted by Gasteiger charge is 2.42. The fourth-order valence-corrected chi connectivity index (χ4v) is 14.2. The maximum absolute atomic E-state index is 6.97. The van der Waals surface area contributed by atoms with Gasteiger partial charge in [0.15, 0.2) is 11.2 Å². The molecule has 2 aromatic heterocycles. The van der Waals surface area contributed by atoms with Crippen LogP contribution in [0.5, 0.6) is 0 Å². The van der Waals surface area contributed by atoms with E-state index in [1.54, 1.807) is 0 Å². The molecule has 0 spiro atoms. The molecule has 4 saturated carbocycles. The fourth-order valence-electron chi connectivity index (χ4n) is 14.2. The second kappa shape index (κ2) is 15.1. The average molecular weight is 881 g/mol. The van der Waals surface area contributed by atoms with Crippen LogP contribution in [0.25, 0.3) is 65.4 Å². The van der Waals surface area contributed by atoms with Crippen molar-refractivity contribution >= 4 is 99.5 Å². The minimum atomic E-state index is 0.559. The number of nitrogens with zero attached hydrogens (tertiary/aromatic N) is 2. The van der Waals surface area contributed by atoms with Crippen molar-refractivity contribution in [1.82, 2.24) is 0 Å². The van der Waals surface area contributed by atoms with E-state index in [-0.39, 0.29) is 0 Å². The first-order chi connectivity index (χ1) is 33.7. The molecule has 4 aliphatic rings. The zero-order chi connectivity index (χ0) is 44.5. The van der Waals surface area contributed by atoms with Gasteiger partial charge in [0.25, 0.3) is 0 Å². The van der Waals surface area contributed by atoms with E-state index in [9.17, 15) is 0 Å². The van der Waals surface area contributed by atoms with E-state index < -0.39 is 0 Å². The Balaban J connectivity index is 1.10. The molecule has 6 unspecified atom stereocenters. The van der Waals surface area contributed by atoms with E-state index in [2.05, 4.69) is 192 Å². The van der Waals surface area contributed by atoms with Crippen molar-refractivity contribution < 1.29 is 8.83 Å². The molecule has 11 aromatic rings. The Morgan fingerprint density at radius 2 is 0.765 bits per heavy atom. The van der Waals surface area contributed by atoms with Crippen LogP contribution in [0, 0.1) is 23.7 Å². The first-order valence-electron chi connectivity index (χ1n) is 25.2. The molecule has 4 fully saturated rings. The lowest BCUT2D eigenvalue weighted by Crippen LogP contribution is -2.16. The number of furan rings is 2. The van der Waals surface area contributed by atoms with Crippen LogP contribution in [0.1, 0.15) is 74.3 Å². The summed E-state index contributed by atoms with van der Waals surface area (Å²) in [7, 11) is 0. The second-order valence-corrected chi connectivity index (χ2v) is 20.7. The summed E-state index contributed by atoms with van der Waals surface area (Å²) in [6.45, 7) is 0. The molecule has 0 saturated heterocycles. The summed E-state index contributed by atoms with van der Waals surface area (Å²) in [6, 6.07) is 67.7. The molecule has 4 nitrogen and oxygen atoms in total. The molecule has 0 radical (unpaired) electrons. The molecular weight excluding hydrogens is 829 g/mol. The normalized spacial score (nSPS) is 21.9. The number of hydrogen-bond acceptors (Lipinski definition) is 4. The van der Waals surface area contributed by atoms with E-state index in [1.807, 2.05) is 0 Å². The third-order valence-electron chi connectivity index (χ3n) is 17.2. The highest BCUT2D eigenvalue weighted by atomic mass is 16.3. The summed E-state index contributed by atoms with van der Waals surface area (Å²) in [4.78, 5) is 5.07. The molecule has 4 bridgehead atoms. The van der Waals surface area contributed by atoms with Gasteiger partial charge in [-0.3, -0.25) is 0 Å². The molecule has 68 heavy (non-hydrogen) atoms. The monoisotopic (exact) mass is 880 g/mol. The lowest BCUT2D eigenvalue weighted by atomic mass is 9.81. The predicted molar refractivity (Wildman–Crippen MR) is 282 cm³/mol. The van der Waals surface area contributed by atoms with Gasteiger partial charge >= 0.3 is 0 Å². The topological polar surface area (TPSA) is 32.8 Å². The zero-order valence-corrected chi connectivity index (χ0v) is 38.2. The van der Waals surface area contributed by atoms with Gasteiger partial charge in [0, 0.05) is 54.5 Å². The van der Waals surface area contributed by atoms with Gasteiger partial charge in [-0.1, -0.05) is 134 Å². The van der Waals surface area contributed by atoms with E-state index in [0.717, 1.165) is 90.3 Å². The van der Waals surface area contributed by atoms with Crippen molar-refractivity contribution in [3.63, 3.8) is 0 Å². The molecule has 15 rings (SSSR count). The van der Waals surface area contributed by atoms with Crippen LogP contribution in [-0.4, -0.2) is 0 Å². The standard InChI is InChI=1S/C64H52N2O2/c1-3-13-45(14-4-1)65(57-21-11-19-51-47-17-7-9-23-59(47)67-63(51)57)61-49-31-29-44(54-36-40-26-28-42(54)34-40)38-56(49)62(50-32-30-43(37-55(50)61)53-35-39-25-27-41(53)33-39)66(46-15-5-2-6-16-46)58-22-12-20-52-48-18-8-10-24-60(48)68-64(52)58/h1-24,29-32,37-42,53-54H,25-28,33-36H2. The molecule has 6 atom stereocenters. The number of fused-ring (bicyclic) bond motifs is 12. The second-order valence-electron chi connectivity index (χ2n) is 20.7. The van der Waals surface area contributed by atoms with Crippen LogP contribution in [0.15, 0.2) is 191 Å². The predicted octanol–water partition coefficient (Wildman–Crippen LogP) is 18.5. The van der Waals surface area contributed by atoms with Gasteiger partial charge in [0.1, 0.15) is 11.2 Å². The van der Waals surface area contributed by atoms with Crippen molar-refractivity contribution in [3.05, 3.63) is 193 Å². The van der Waals surface area contributed by atoms with Gasteiger partial charge in [-0.2, -0.15) is 0 Å². The largest absolute Gasteiger partial charge is 0.454 e. The van der Waals surface area contributed by atoms with Crippen LogP contribution < -0.4 is 9.80 Å². The third-order valence-corrected chi connectivity index (χ3v) is 17.2. The maximum atomic E-state index is 6.97. The molecule has 0 N–H and O–H groups in total. The number of rotatable bonds is 8. The minimum Gasteiger partial charge on any atom is -0.454 e. The fraction of sp³-hybridized carbons (Fsp3) is 0.219. The summed E-state index contributed by atoms with van der Waals surface area (Å²) in [5.74, 6) is 4.27. The summed E-state index contributed by atoms with van der Waals surface area (Å²) in [5, 5.41) is 9.45. The lowest BCUT2D eigenvalue weighted by molar-refractivity contribution is 0.420. The summed E-state index contributed by atoms with van der Waals surface area (Å²) >= 11 is 0. The highest BCUT2D eigenvalue weighted by Crippen LogP contribution is 2.58. The molecule has 4 aliphatic carbocycles. The quantitative estimate of drug-likeness (QED) is 0.112. The number of benzene rings is 9. The van der Waals surface area contributed by atoms with Crippen molar-refractivity contribution in [1.29, 1.82) is 0 Å². The van der Waals surface area contributed by atoms with E-state index in [4.69, 9.17) is 8.83 Å². The Kier molecular flexibility index (Phi) is 8.61. The molecule has 330 valence electrons. The molecular formula is C64H52N2O2. The Morgan fingerprint density at radius 3 is 1.19 bits per heavy atom. The van der Waals surface area contributed by atoms with Gasteiger partial charge < -0.3 is 18.6 Å². The Bertz CT molecular complexity index is 3520. The molecule has 4 heteroatoms. The van der Waals surface area contributed by atoms with E-state index in [0.29, 0.717) is 11.8 Å². The number of para-hydroxylation sites is 6. The van der Waals surface area contributed by atoms with Crippen molar-refractivity contribution in [2.75, 3.05) is 9.80 Å². The van der Waals surface area contributed by atoms with Gasteiger partial charge in [-0.05, 0) is 146 Å². The first kappa shape index (κ1) is 38.8. The highest BCUT2D eigenvalue weighted by molar-refractivity contribution is 6.25. The van der Waals surface area contributed by atoms with Crippen molar-refractivity contribution in [2.24, 2.45) is 23.7 Å². The van der Waals surface area contributed by atoms with Crippen LogP contribution in [-0.2, 0) is 0 Å². The molecule has 2 heterocycles. The Hall–Kier alpha value is -7.30. The smallest absolute Gasteiger partial charge is 0.159 e. The third kappa shape index (κ3) is 5.85. The van der Waals surface area contributed by atoms with E-state index >= 15 is 0 Å². The summed E-state index contributed by atoms with van der Waals surface area (Å²) < 4.78 is 13.9. The van der Waals surface area contributed by atoms with Crippen LogP contribution in [0.3, 0.4) is 0 Å². The van der Waals surface area contributed by atoms with Gasteiger partial charge in [-0.15, -0.1) is 0 Å². The molecule has 0 aliphatic heterocycles. The lowest BCUT2D eigenvalue weighted by Gasteiger charge is -2.34. The first-order valence-corrected chi connectivity index (χ1v) is 25.2. The van der Waals surface area contributed by atoms with Gasteiger partial charge in [0.2, 0.25) is 0 Å². The number of anilines is 6. The average Bonchev–Trinajstić information content (AvgIpc) is 4.29. The summed E-state index contributed by atoms with van der Waals surface area (Å²) in [6.07, 6.45) is 10.7. The van der Waals surface area contributed by atoms with Crippen LogP contribution >= 0.6 is 0 Å². The minimum absolute atomic E-state index is 0.559. The maximum Gasteiger partial charge on any atom is 0.159 e. The van der Waals surface area contributed by atoms with Crippen molar-refractivity contribution in [2.45, 2.75) is 63.2 Å². The van der Waals surface area contributed by atoms with Crippen molar-refractivity contribution in [3.8, 4) is 0 Å². The number of hydrogen-bond donors (Lipinski definition) is 0. The zero-order valence-electron chi connectivity index (χ0n) is 38.2. The Morgan fingerprint density at radius 1 is 0.338 bits per heavy atom. The molecule has 9 aromatic carbocycles. The van der Waals surface area contributed by atoms with Crippen LogP contribution in [0.2, 0.25) is 0 Å². The van der Waals surface area contributed by atoms with E-state index in [1.165, 1.54) is 95.4 Å². The SMILES string of the molecule is c1ccc(N(c2c3ccc(C4CC5CCC4C5)cc3c(N(c3ccccc3)c3cccc4c3oc3ccccc34)c3ccc(C4CC5CCC4C5)cc23)c2cccc3c2oc2ccccc23)cc1. The molecule has 0 amide bonds. The van der Waals surface area contributed by atoms with Gasteiger partial charge in [-0.25, -0.2) is 0 Å². The summed E-state index contributed by atoms with van der Waals surface area (Å²) in [5.41, 5.74) is 13.2. The Labute approximate surface area is 396 Å².